The van der Waals surface area contributed by atoms with Crippen LogP contribution in [-0.4, -0.2) is 47.8 Å². The highest BCUT2D eigenvalue weighted by molar-refractivity contribution is 7.10. The molecule has 3 rings (SSSR count). The van der Waals surface area contributed by atoms with Gasteiger partial charge in [0.05, 0.1) is 6.54 Å². The first-order chi connectivity index (χ1) is 12.5. The molecule has 0 unspecified atom stereocenters. The summed E-state index contributed by atoms with van der Waals surface area (Å²) >= 11 is 1.52. The van der Waals surface area contributed by atoms with Gasteiger partial charge in [0.15, 0.2) is 0 Å². The molecule has 1 fully saturated rings. The van der Waals surface area contributed by atoms with Gasteiger partial charge in [0.2, 0.25) is 5.91 Å². The highest BCUT2D eigenvalue weighted by Gasteiger charge is 2.34. The van der Waals surface area contributed by atoms with E-state index >= 15 is 0 Å². The van der Waals surface area contributed by atoms with Gasteiger partial charge in [-0.05, 0) is 23.6 Å². The number of carbonyl (C=O) groups excluding carboxylic acids is 3. The minimum absolute atomic E-state index is 0.0157. The van der Waals surface area contributed by atoms with Gasteiger partial charge in [-0.2, -0.15) is 0 Å². The monoisotopic (exact) mass is 373 g/mol. The third kappa shape index (κ3) is 4.40. The summed E-state index contributed by atoms with van der Waals surface area (Å²) in [7, 11) is 1.53. The van der Waals surface area contributed by atoms with Crippen molar-refractivity contribution in [3.8, 4) is 5.75 Å². The number of para-hydroxylation sites is 1. The maximum Gasteiger partial charge on any atom is 0.327 e. The molecule has 0 spiro atoms. The summed E-state index contributed by atoms with van der Waals surface area (Å²) in [6.45, 7) is 0.567. The van der Waals surface area contributed by atoms with Crippen molar-refractivity contribution in [1.29, 1.82) is 0 Å². The maximum absolute atomic E-state index is 12.0. The molecule has 7 nitrogen and oxygen atoms in total. The summed E-state index contributed by atoms with van der Waals surface area (Å²) in [5.41, 5.74) is 1.02. The van der Waals surface area contributed by atoms with E-state index in [1.54, 1.807) is 0 Å². The number of benzene rings is 1. The van der Waals surface area contributed by atoms with E-state index in [-0.39, 0.29) is 24.9 Å². The number of imide groups is 1. The smallest absolute Gasteiger partial charge is 0.327 e. The van der Waals surface area contributed by atoms with Gasteiger partial charge in [0.1, 0.15) is 25.4 Å². The second-order valence-electron chi connectivity index (χ2n) is 5.92. The van der Waals surface area contributed by atoms with Gasteiger partial charge >= 0.3 is 6.03 Å². The highest BCUT2D eigenvalue weighted by Crippen LogP contribution is 2.17. The molecular formula is C18H19N3O4S. The number of thiophene rings is 1. The molecule has 0 radical (unpaired) electrons. The number of carbonyl (C=O) groups is 3. The number of amides is 4. The van der Waals surface area contributed by atoms with Gasteiger partial charge in [-0.3, -0.25) is 14.5 Å². The van der Waals surface area contributed by atoms with Crippen molar-refractivity contribution in [2.24, 2.45) is 0 Å². The van der Waals surface area contributed by atoms with Crippen LogP contribution in [0.5, 0.6) is 5.75 Å². The van der Waals surface area contributed by atoms with Gasteiger partial charge in [-0.25, -0.2) is 4.79 Å². The van der Waals surface area contributed by atoms with E-state index in [2.05, 4.69) is 5.32 Å². The normalized spacial score (nSPS) is 14.0. The van der Waals surface area contributed by atoms with Crippen LogP contribution in [-0.2, 0) is 22.7 Å². The Kier molecular flexibility index (Phi) is 5.52. The first-order valence-electron chi connectivity index (χ1n) is 8.09. The molecule has 1 N–H and O–H groups in total. The van der Waals surface area contributed by atoms with Crippen molar-refractivity contribution < 1.29 is 19.1 Å². The van der Waals surface area contributed by atoms with Crippen LogP contribution in [0, 0.1) is 0 Å². The fourth-order valence-electron chi connectivity index (χ4n) is 2.49. The first-order valence-corrected chi connectivity index (χ1v) is 8.97. The van der Waals surface area contributed by atoms with Gasteiger partial charge < -0.3 is 15.0 Å². The Balaban J connectivity index is 1.45. The molecule has 1 saturated heterocycles. The van der Waals surface area contributed by atoms with Crippen molar-refractivity contribution in [2.45, 2.75) is 13.2 Å². The lowest BCUT2D eigenvalue weighted by atomic mass is 10.3. The van der Waals surface area contributed by atoms with Crippen LogP contribution in [0.3, 0.4) is 0 Å². The molecule has 26 heavy (non-hydrogen) atoms. The molecule has 0 atom stereocenters. The molecule has 1 aromatic carbocycles. The van der Waals surface area contributed by atoms with Crippen molar-refractivity contribution in [1.82, 2.24) is 15.1 Å². The van der Waals surface area contributed by atoms with E-state index in [4.69, 9.17) is 4.74 Å². The summed E-state index contributed by atoms with van der Waals surface area (Å²) in [4.78, 5) is 38.6. The number of nitrogens with one attached hydrogen (secondary N) is 1. The standard InChI is InChI=1S/C18H19N3O4S/c1-20-10-17(23)21(18(20)24)9-16(22)19-8-15-7-13(12-26-15)11-25-14-5-3-2-4-6-14/h2-7,12H,8-11H2,1H3,(H,19,22). The fourth-order valence-corrected chi connectivity index (χ4v) is 3.30. The van der Waals surface area contributed by atoms with Crippen LogP contribution >= 0.6 is 11.3 Å². The lowest BCUT2D eigenvalue weighted by Gasteiger charge is -2.13. The summed E-state index contributed by atoms with van der Waals surface area (Å²) in [5.74, 6) is 0.0834. The number of hydrogen-bond acceptors (Lipinski definition) is 5. The van der Waals surface area contributed by atoms with Gasteiger partial charge in [0, 0.05) is 17.5 Å². The quantitative estimate of drug-likeness (QED) is 0.751. The zero-order valence-electron chi connectivity index (χ0n) is 14.3. The molecule has 2 heterocycles. The van der Waals surface area contributed by atoms with Crippen molar-refractivity contribution in [3.63, 3.8) is 0 Å². The second kappa shape index (κ2) is 8.01. The van der Waals surface area contributed by atoms with Crippen molar-refractivity contribution in [2.75, 3.05) is 20.1 Å². The number of likely N-dealkylation sites (N-methyl/N-ethyl adjacent to an activating group) is 1. The predicted molar refractivity (Wildman–Crippen MR) is 96.7 cm³/mol. The maximum atomic E-state index is 12.0. The van der Waals surface area contributed by atoms with E-state index in [1.165, 1.54) is 23.3 Å². The number of ether oxygens (including phenoxy) is 1. The molecule has 2 aromatic rings. The highest BCUT2D eigenvalue weighted by atomic mass is 32.1. The zero-order chi connectivity index (χ0) is 18.5. The molecule has 0 aliphatic carbocycles. The van der Waals surface area contributed by atoms with E-state index < -0.39 is 6.03 Å². The summed E-state index contributed by atoms with van der Waals surface area (Å²) in [6.07, 6.45) is 0. The summed E-state index contributed by atoms with van der Waals surface area (Å²) in [6, 6.07) is 11.1. The summed E-state index contributed by atoms with van der Waals surface area (Å²) < 4.78 is 5.69. The van der Waals surface area contributed by atoms with E-state index in [0.29, 0.717) is 13.2 Å². The lowest BCUT2D eigenvalue weighted by Crippen LogP contribution is -2.40. The first kappa shape index (κ1) is 17.9. The number of rotatable bonds is 7. The Hall–Kier alpha value is -2.87. The van der Waals surface area contributed by atoms with E-state index in [9.17, 15) is 14.4 Å². The molecule has 1 aromatic heterocycles. The van der Waals surface area contributed by atoms with Crippen LogP contribution in [0.15, 0.2) is 41.8 Å². The van der Waals surface area contributed by atoms with Gasteiger partial charge in [-0.15, -0.1) is 11.3 Å². The van der Waals surface area contributed by atoms with Crippen molar-refractivity contribution >= 4 is 29.2 Å². The van der Waals surface area contributed by atoms with Gasteiger partial charge in [0.25, 0.3) is 5.91 Å². The minimum Gasteiger partial charge on any atom is -0.489 e. The average molecular weight is 373 g/mol. The topological polar surface area (TPSA) is 79.0 Å². The zero-order valence-corrected chi connectivity index (χ0v) is 15.1. The molecule has 1 aliphatic heterocycles. The minimum atomic E-state index is -0.443. The Morgan fingerprint density at radius 3 is 2.73 bits per heavy atom. The lowest BCUT2D eigenvalue weighted by molar-refractivity contribution is -0.130. The van der Waals surface area contributed by atoms with Crippen LogP contribution in [0.1, 0.15) is 10.4 Å². The Morgan fingerprint density at radius 1 is 1.27 bits per heavy atom. The number of nitrogens with zero attached hydrogens (tertiary/aromatic N) is 2. The largest absolute Gasteiger partial charge is 0.489 e. The van der Waals surface area contributed by atoms with Crippen LogP contribution in [0.4, 0.5) is 4.79 Å². The summed E-state index contributed by atoms with van der Waals surface area (Å²) in [5, 5.41) is 4.71. The number of hydrogen-bond donors (Lipinski definition) is 1. The third-order valence-corrected chi connectivity index (χ3v) is 4.83. The predicted octanol–water partition coefficient (Wildman–Crippen LogP) is 1.84. The Morgan fingerprint density at radius 2 is 2.04 bits per heavy atom. The molecule has 1 aliphatic rings. The molecule has 4 amide bonds. The van der Waals surface area contributed by atoms with Crippen molar-refractivity contribution in [3.05, 3.63) is 52.2 Å². The molecule has 0 bridgehead atoms. The molecule has 136 valence electrons. The molecule has 8 heteroatoms. The molecule has 0 saturated carbocycles. The Bertz CT molecular complexity index is 806. The Labute approximate surface area is 155 Å². The average Bonchev–Trinajstić information content (AvgIpc) is 3.19. The second-order valence-corrected chi connectivity index (χ2v) is 6.91. The molecular weight excluding hydrogens is 354 g/mol. The SMILES string of the molecule is CN1CC(=O)N(CC(=O)NCc2cc(COc3ccccc3)cs2)C1=O. The van der Waals surface area contributed by atoms with Crippen LogP contribution in [0.2, 0.25) is 0 Å². The number of urea groups is 1. The fraction of sp³-hybridized carbons (Fsp3) is 0.278. The van der Waals surface area contributed by atoms with E-state index in [0.717, 1.165) is 21.1 Å². The third-order valence-electron chi connectivity index (χ3n) is 3.85. The van der Waals surface area contributed by atoms with E-state index in [1.807, 2.05) is 41.8 Å². The van der Waals surface area contributed by atoms with Gasteiger partial charge in [-0.1, -0.05) is 18.2 Å². The van der Waals surface area contributed by atoms with Crippen LogP contribution in [0.25, 0.3) is 0 Å². The van der Waals surface area contributed by atoms with Crippen LogP contribution < -0.4 is 10.1 Å².